The fourth-order valence-corrected chi connectivity index (χ4v) is 10.1. The van der Waals surface area contributed by atoms with E-state index in [9.17, 15) is 0 Å². The summed E-state index contributed by atoms with van der Waals surface area (Å²) in [4.78, 5) is 0. The fourth-order valence-electron chi connectivity index (χ4n) is 1.53. The molecule has 0 amide bonds. The lowest BCUT2D eigenvalue weighted by Gasteiger charge is -2.35. The van der Waals surface area contributed by atoms with Crippen molar-refractivity contribution in [3.63, 3.8) is 0 Å². The molecule has 0 aliphatic carbocycles. The van der Waals surface area contributed by atoms with Crippen molar-refractivity contribution in [2.75, 3.05) is 5.38 Å². The van der Waals surface area contributed by atoms with Gasteiger partial charge in [0.15, 0.2) is 16.6 Å². The Hall–Kier alpha value is 0.744. The summed E-state index contributed by atoms with van der Waals surface area (Å²) in [6.07, 6.45) is 1.26. The van der Waals surface area contributed by atoms with Gasteiger partial charge in [-0.25, -0.2) is 0 Å². The summed E-state index contributed by atoms with van der Waals surface area (Å²) >= 11 is 4.38. The van der Waals surface area contributed by atoms with Crippen LogP contribution in [0.5, 0.6) is 0 Å². The summed E-state index contributed by atoms with van der Waals surface area (Å²) in [7, 11) is -2.81. The monoisotopic (exact) mass is 236 g/mol. The SMILES string of the molecule is CCC[Si](C)(CC)O[Si](C)(C)CS. The normalized spacial score (nSPS) is 17.1. The molecule has 0 saturated carbocycles. The molecule has 13 heavy (non-hydrogen) atoms. The highest BCUT2D eigenvalue weighted by molar-refractivity contribution is 7.82. The molecule has 0 heterocycles. The van der Waals surface area contributed by atoms with Crippen LogP contribution in [0.15, 0.2) is 0 Å². The zero-order valence-electron chi connectivity index (χ0n) is 9.68. The van der Waals surface area contributed by atoms with Crippen molar-refractivity contribution in [3.05, 3.63) is 0 Å². The van der Waals surface area contributed by atoms with Gasteiger partial charge >= 0.3 is 0 Å². The molecular weight excluding hydrogens is 212 g/mol. The van der Waals surface area contributed by atoms with Crippen LogP contribution in [0, 0.1) is 0 Å². The van der Waals surface area contributed by atoms with Gasteiger partial charge in [-0.3, -0.25) is 0 Å². The fraction of sp³-hybridized carbons (Fsp3) is 1.00. The summed E-state index contributed by atoms with van der Waals surface area (Å²) in [5, 5.41) is 0.944. The summed E-state index contributed by atoms with van der Waals surface area (Å²) in [5.41, 5.74) is 0. The molecule has 1 nitrogen and oxygen atoms in total. The van der Waals surface area contributed by atoms with Gasteiger partial charge in [0.25, 0.3) is 0 Å². The van der Waals surface area contributed by atoms with Crippen LogP contribution < -0.4 is 0 Å². The van der Waals surface area contributed by atoms with Crippen molar-refractivity contribution in [1.29, 1.82) is 0 Å². The lowest BCUT2D eigenvalue weighted by atomic mass is 10.6. The first-order valence-electron chi connectivity index (χ1n) is 5.20. The van der Waals surface area contributed by atoms with E-state index < -0.39 is 16.6 Å². The second-order valence-electron chi connectivity index (χ2n) is 4.57. The summed E-state index contributed by atoms with van der Waals surface area (Å²) in [5.74, 6) is 0. The van der Waals surface area contributed by atoms with Crippen LogP contribution in [0.3, 0.4) is 0 Å². The van der Waals surface area contributed by atoms with E-state index in [1.807, 2.05) is 0 Å². The highest BCUT2D eigenvalue weighted by Crippen LogP contribution is 2.24. The lowest BCUT2D eigenvalue weighted by Crippen LogP contribution is -2.47. The van der Waals surface area contributed by atoms with E-state index in [0.29, 0.717) is 0 Å². The van der Waals surface area contributed by atoms with E-state index in [2.05, 4.69) is 46.1 Å². The first kappa shape index (κ1) is 13.7. The van der Waals surface area contributed by atoms with Gasteiger partial charge in [-0.1, -0.05) is 20.3 Å². The molecule has 80 valence electrons. The van der Waals surface area contributed by atoms with E-state index >= 15 is 0 Å². The van der Waals surface area contributed by atoms with Gasteiger partial charge in [0.05, 0.1) is 0 Å². The largest absolute Gasteiger partial charge is 0.455 e. The Morgan fingerprint density at radius 1 is 1.15 bits per heavy atom. The minimum Gasteiger partial charge on any atom is -0.455 e. The number of rotatable bonds is 6. The third kappa shape index (κ3) is 5.25. The van der Waals surface area contributed by atoms with E-state index in [0.717, 1.165) is 5.38 Å². The molecule has 0 radical (unpaired) electrons. The van der Waals surface area contributed by atoms with Crippen LogP contribution in [-0.2, 0) is 4.12 Å². The van der Waals surface area contributed by atoms with Crippen molar-refractivity contribution in [1.82, 2.24) is 0 Å². The van der Waals surface area contributed by atoms with Gasteiger partial charge in [-0.05, 0) is 31.7 Å². The maximum Gasteiger partial charge on any atom is 0.183 e. The molecule has 1 unspecified atom stereocenters. The summed E-state index contributed by atoms with van der Waals surface area (Å²) < 4.78 is 6.37. The predicted molar refractivity (Wildman–Crippen MR) is 69.6 cm³/mol. The molecule has 0 N–H and O–H groups in total. The van der Waals surface area contributed by atoms with Crippen molar-refractivity contribution in [2.24, 2.45) is 0 Å². The standard InChI is InChI=1S/C9H24OSSi2/c1-6-8-13(5,7-2)10-12(3,4)9-11/h11H,6-9H2,1-5H3. The topological polar surface area (TPSA) is 9.23 Å². The van der Waals surface area contributed by atoms with E-state index in [-0.39, 0.29) is 0 Å². The van der Waals surface area contributed by atoms with Crippen LogP contribution in [0.2, 0.25) is 31.7 Å². The first-order chi connectivity index (χ1) is 5.89. The smallest absolute Gasteiger partial charge is 0.183 e. The number of hydrogen-bond acceptors (Lipinski definition) is 2. The highest BCUT2D eigenvalue weighted by Gasteiger charge is 2.33. The Balaban J connectivity index is 4.25. The number of thiol groups is 1. The molecule has 0 spiro atoms. The average molecular weight is 237 g/mol. The quantitative estimate of drug-likeness (QED) is 0.547. The molecule has 0 bridgehead atoms. The van der Waals surface area contributed by atoms with E-state index in [4.69, 9.17) is 4.12 Å². The van der Waals surface area contributed by atoms with Gasteiger partial charge in [0.2, 0.25) is 0 Å². The van der Waals surface area contributed by atoms with Crippen molar-refractivity contribution in [3.8, 4) is 0 Å². The Morgan fingerprint density at radius 3 is 2.00 bits per heavy atom. The third-order valence-corrected chi connectivity index (χ3v) is 12.7. The Bertz CT molecular complexity index is 153. The second kappa shape index (κ2) is 5.58. The maximum atomic E-state index is 6.37. The molecule has 0 aliphatic heterocycles. The van der Waals surface area contributed by atoms with Gasteiger partial charge in [0, 0.05) is 5.38 Å². The minimum absolute atomic E-state index is 0.944. The van der Waals surface area contributed by atoms with Gasteiger partial charge in [0.1, 0.15) is 0 Å². The van der Waals surface area contributed by atoms with Crippen LogP contribution in [0.25, 0.3) is 0 Å². The third-order valence-electron chi connectivity index (χ3n) is 2.43. The van der Waals surface area contributed by atoms with Crippen LogP contribution in [-0.4, -0.2) is 22.0 Å². The Kier molecular flexibility index (Phi) is 5.90. The second-order valence-corrected chi connectivity index (χ2v) is 14.3. The molecule has 0 rings (SSSR count). The Morgan fingerprint density at radius 2 is 1.69 bits per heavy atom. The molecule has 0 aromatic carbocycles. The van der Waals surface area contributed by atoms with Gasteiger partial charge < -0.3 is 4.12 Å². The van der Waals surface area contributed by atoms with Gasteiger partial charge in [-0.15, -0.1) is 0 Å². The Labute approximate surface area is 90.9 Å². The zero-order valence-corrected chi connectivity index (χ0v) is 12.6. The lowest BCUT2D eigenvalue weighted by molar-refractivity contribution is 0.536. The molecule has 0 saturated heterocycles. The summed E-state index contributed by atoms with van der Waals surface area (Å²) in [6, 6.07) is 2.54. The van der Waals surface area contributed by atoms with E-state index in [1.54, 1.807) is 0 Å². The van der Waals surface area contributed by atoms with Crippen LogP contribution >= 0.6 is 12.6 Å². The van der Waals surface area contributed by atoms with E-state index in [1.165, 1.54) is 18.5 Å². The van der Waals surface area contributed by atoms with Gasteiger partial charge in [-0.2, -0.15) is 12.6 Å². The molecule has 0 aliphatic rings. The molecular formula is C9H24OSSi2. The van der Waals surface area contributed by atoms with Crippen molar-refractivity contribution < 1.29 is 4.12 Å². The highest BCUT2D eigenvalue weighted by atomic mass is 32.1. The first-order valence-corrected chi connectivity index (χ1v) is 11.8. The summed E-state index contributed by atoms with van der Waals surface area (Å²) in [6.45, 7) is 11.4. The average Bonchev–Trinajstić information content (AvgIpc) is 2.04. The molecule has 4 heteroatoms. The molecule has 1 atom stereocenters. The van der Waals surface area contributed by atoms with Crippen molar-refractivity contribution >= 4 is 29.3 Å². The molecule has 0 aromatic rings. The maximum absolute atomic E-state index is 6.37. The molecule has 0 aromatic heterocycles. The van der Waals surface area contributed by atoms with Crippen LogP contribution in [0.1, 0.15) is 20.3 Å². The minimum atomic E-state index is -1.44. The number of hydrogen-bond donors (Lipinski definition) is 1. The molecule has 0 fully saturated rings. The zero-order chi connectivity index (χ0) is 10.5. The van der Waals surface area contributed by atoms with Crippen molar-refractivity contribution in [2.45, 2.75) is 52.0 Å². The predicted octanol–water partition coefficient (Wildman–Crippen LogP) is 3.68. The van der Waals surface area contributed by atoms with Crippen LogP contribution in [0.4, 0.5) is 0 Å².